The Labute approximate surface area is 73.9 Å². The molecule has 1 saturated heterocycles. The van der Waals surface area contributed by atoms with Crippen LogP contribution in [0.1, 0.15) is 19.3 Å². The lowest BCUT2D eigenvalue weighted by Crippen LogP contribution is -2.27. The summed E-state index contributed by atoms with van der Waals surface area (Å²) in [5.41, 5.74) is 0. The molecule has 0 aromatic rings. The molecule has 66 valence electrons. The van der Waals surface area contributed by atoms with Gasteiger partial charge in [0.25, 0.3) is 0 Å². The van der Waals surface area contributed by atoms with Crippen molar-refractivity contribution in [1.82, 2.24) is 9.62 Å². The molecule has 1 N–H and O–H groups in total. The summed E-state index contributed by atoms with van der Waals surface area (Å²) >= 11 is 1.72. The molecule has 1 fully saturated rings. The van der Waals surface area contributed by atoms with Gasteiger partial charge in [-0.1, -0.05) is 11.9 Å². The first-order valence-corrected chi connectivity index (χ1v) is 5.53. The number of nitrogens with zero attached hydrogens (tertiary/aromatic N) is 1. The zero-order valence-electron chi connectivity index (χ0n) is 7.47. The molecule has 2 nitrogen and oxygen atoms in total. The SMILES string of the molecule is CSNCCC1CCCN1C. The Balaban J connectivity index is 2.05. The molecule has 0 amide bonds. The van der Waals surface area contributed by atoms with Gasteiger partial charge in [0.2, 0.25) is 0 Å². The second-order valence-electron chi connectivity index (χ2n) is 3.16. The van der Waals surface area contributed by atoms with Gasteiger partial charge >= 0.3 is 0 Å². The molecule has 0 saturated carbocycles. The van der Waals surface area contributed by atoms with Crippen LogP contribution in [-0.4, -0.2) is 37.3 Å². The number of hydrogen-bond acceptors (Lipinski definition) is 3. The van der Waals surface area contributed by atoms with Gasteiger partial charge in [-0.2, -0.15) is 0 Å². The highest BCUT2D eigenvalue weighted by Gasteiger charge is 2.19. The summed E-state index contributed by atoms with van der Waals surface area (Å²) in [6.07, 6.45) is 6.17. The van der Waals surface area contributed by atoms with E-state index in [4.69, 9.17) is 0 Å². The number of nitrogens with one attached hydrogen (secondary N) is 1. The van der Waals surface area contributed by atoms with E-state index in [1.54, 1.807) is 11.9 Å². The summed E-state index contributed by atoms with van der Waals surface area (Å²) < 4.78 is 3.29. The van der Waals surface area contributed by atoms with Crippen LogP contribution in [0, 0.1) is 0 Å². The van der Waals surface area contributed by atoms with E-state index in [-0.39, 0.29) is 0 Å². The van der Waals surface area contributed by atoms with E-state index in [9.17, 15) is 0 Å². The zero-order valence-corrected chi connectivity index (χ0v) is 8.28. The van der Waals surface area contributed by atoms with Gasteiger partial charge in [-0.05, 0) is 39.1 Å². The molecule has 1 atom stereocenters. The average Bonchev–Trinajstić information content (AvgIpc) is 2.37. The summed E-state index contributed by atoms with van der Waals surface area (Å²) in [4.78, 5) is 2.47. The Kier molecular flexibility index (Phi) is 4.26. The topological polar surface area (TPSA) is 15.3 Å². The lowest BCUT2D eigenvalue weighted by atomic mass is 10.1. The van der Waals surface area contributed by atoms with Gasteiger partial charge in [-0.3, -0.25) is 4.72 Å². The van der Waals surface area contributed by atoms with Crippen LogP contribution in [0.25, 0.3) is 0 Å². The van der Waals surface area contributed by atoms with Crippen LogP contribution in [0.3, 0.4) is 0 Å². The molecule has 0 aliphatic carbocycles. The normalized spacial score (nSPS) is 26.2. The predicted octanol–water partition coefficient (Wildman–Crippen LogP) is 1.34. The quantitative estimate of drug-likeness (QED) is 0.511. The summed E-state index contributed by atoms with van der Waals surface area (Å²) in [6, 6.07) is 0.842. The van der Waals surface area contributed by atoms with Crippen molar-refractivity contribution in [3.8, 4) is 0 Å². The van der Waals surface area contributed by atoms with Crippen LogP contribution in [0.4, 0.5) is 0 Å². The van der Waals surface area contributed by atoms with Gasteiger partial charge < -0.3 is 4.90 Å². The number of rotatable bonds is 4. The molecule has 1 unspecified atom stereocenters. The third-order valence-electron chi connectivity index (χ3n) is 2.40. The van der Waals surface area contributed by atoms with E-state index in [0.717, 1.165) is 12.6 Å². The van der Waals surface area contributed by atoms with Crippen LogP contribution < -0.4 is 4.72 Å². The van der Waals surface area contributed by atoms with Gasteiger partial charge in [0.15, 0.2) is 0 Å². The maximum Gasteiger partial charge on any atom is 0.0105 e. The van der Waals surface area contributed by atoms with E-state index in [0.29, 0.717) is 0 Å². The molecule has 1 heterocycles. The number of likely N-dealkylation sites (tertiary alicyclic amines) is 1. The molecule has 11 heavy (non-hydrogen) atoms. The molecule has 0 radical (unpaired) electrons. The molecule has 3 heteroatoms. The first-order chi connectivity index (χ1) is 5.34. The van der Waals surface area contributed by atoms with Crippen LogP contribution in [0.5, 0.6) is 0 Å². The van der Waals surface area contributed by atoms with Crippen LogP contribution in [0.15, 0.2) is 0 Å². The minimum absolute atomic E-state index is 0.842. The van der Waals surface area contributed by atoms with Crippen molar-refractivity contribution in [3.63, 3.8) is 0 Å². The first-order valence-electron chi connectivity index (χ1n) is 4.30. The van der Waals surface area contributed by atoms with Crippen molar-refractivity contribution >= 4 is 11.9 Å². The highest BCUT2D eigenvalue weighted by molar-refractivity contribution is 7.96. The van der Waals surface area contributed by atoms with Gasteiger partial charge in [-0.25, -0.2) is 0 Å². The van der Waals surface area contributed by atoms with Crippen molar-refractivity contribution in [3.05, 3.63) is 0 Å². The molecule has 1 aliphatic heterocycles. The van der Waals surface area contributed by atoms with Crippen LogP contribution in [-0.2, 0) is 0 Å². The van der Waals surface area contributed by atoms with E-state index >= 15 is 0 Å². The van der Waals surface area contributed by atoms with Gasteiger partial charge in [0.05, 0.1) is 0 Å². The van der Waals surface area contributed by atoms with E-state index in [2.05, 4.69) is 22.9 Å². The fraction of sp³-hybridized carbons (Fsp3) is 1.00. The largest absolute Gasteiger partial charge is 0.303 e. The van der Waals surface area contributed by atoms with Crippen molar-refractivity contribution in [2.45, 2.75) is 25.3 Å². The smallest absolute Gasteiger partial charge is 0.0105 e. The van der Waals surface area contributed by atoms with Crippen LogP contribution >= 0.6 is 11.9 Å². The molecule has 1 rings (SSSR count). The lowest BCUT2D eigenvalue weighted by molar-refractivity contribution is 0.298. The van der Waals surface area contributed by atoms with Crippen molar-refractivity contribution < 1.29 is 0 Å². The van der Waals surface area contributed by atoms with Gasteiger partial charge in [-0.15, -0.1) is 0 Å². The third kappa shape index (κ3) is 3.01. The zero-order chi connectivity index (χ0) is 8.10. The minimum Gasteiger partial charge on any atom is -0.303 e. The van der Waals surface area contributed by atoms with E-state index < -0.39 is 0 Å². The maximum absolute atomic E-state index is 3.29. The van der Waals surface area contributed by atoms with E-state index in [1.807, 2.05) is 0 Å². The first kappa shape index (κ1) is 9.36. The molecule has 0 aromatic heterocycles. The Morgan fingerprint density at radius 3 is 3.00 bits per heavy atom. The second-order valence-corrected chi connectivity index (χ2v) is 3.86. The number of hydrogen-bond donors (Lipinski definition) is 1. The fourth-order valence-corrected chi connectivity index (χ4v) is 1.99. The monoisotopic (exact) mass is 174 g/mol. The van der Waals surface area contributed by atoms with Gasteiger partial charge in [0, 0.05) is 12.6 Å². The fourth-order valence-electron chi connectivity index (χ4n) is 1.67. The second kappa shape index (κ2) is 5.01. The summed E-state index contributed by atoms with van der Waals surface area (Å²) in [6.45, 7) is 2.44. The molecule has 0 aromatic carbocycles. The Morgan fingerprint density at radius 1 is 1.64 bits per heavy atom. The molecular weight excluding hydrogens is 156 g/mol. The minimum atomic E-state index is 0.842. The average molecular weight is 174 g/mol. The maximum atomic E-state index is 3.29. The van der Waals surface area contributed by atoms with Crippen molar-refractivity contribution in [2.24, 2.45) is 0 Å². The summed E-state index contributed by atoms with van der Waals surface area (Å²) in [5, 5.41) is 0. The highest BCUT2D eigenvalue weighted by atomic mass is 32.2. The Bertz CT molecular complexity index is 108. The molecule has 1 aliphatic rings. The highest BCUT2D eigenvalue weighted by Crippen LogP contribution is 2.16. The third-order valence-corrected chi connectivity index (χ3v) is 2.89. The summed E-state index contributed by atoms with van der Waals surface area (Å²) in [7, 11) is 2.23. The van der Waals surface area contributed by atoms with Crippen LogP contribution in [0.2, 0.25) is 0 Å². The molecule has 0 spiro atoms. The molecule has 0 bridgehead atoms. The Hall–Kier alpha value is 0.270. The lowest BCUT2D eigenvalue weighted by Gasteiger charge is -2.18. The van der Waals surface area contributed by atoms with Crippen molar-refractivity contribution in [2.75, 3.05) is 26.4 Å². The standard InChI is InChI=1S/C8H18N2S/c1-10-7-3-4-8(10)5-6-9-11-2/h8-9H,3-7H2,1-2H3. The predicted molar refractivity (Wildman–Crippen MR) is 51.8 cm³/mol. The van der Waals surface area contributed by atoms with E-state index in [1.165, 1.54) is 25.8 Å². The summed E-state index contributed by atoms with van der Waals surface area (Å²) in [5.74, 6) is 0. The van der Waals surface area contributed by atoms with Gasteiger partial charge in [0.1, 0.15) is 0 Å². The Morgan fingerprint density at radius 2 is 2.45 bits per heavy atom. The van der Waals surface area contributed by atoms with Crippen molar-refractivity contribution in [1.29, 1.82) is 0 Å². The molecular formula is C8H18N2S.